The molecule has 0 N–H and O–H groups in total. The Morgan fingerprint density at radius 2 is 1.10 bits per heavy atom. The molecule has 2 heteroatoms. The van der Waals surface area contributed by atoms with Gasteiger partial charge in [0.05, 0.1) is 0 Å². The summed E-state index contributed by atoms with van der Waals surface area (Å²) in [6.45, 7) is 5.79. The molecular formula is C29H50N2. The van der Waals surface area contributed by atoms with Gasteiger partial charge in [0.15, 0.2) is 0 Å². The van der Waals surface area contributed by atoms with Gasteiger partial charge in [0.1, 0.15) is 6.17 Å². The third kappa shape index (κ3) is 10.6. The zero-order chi connectivity index (χ0) is 22.0. The van der Waals surface area contributed by atoms with Gasteiger partial charge in [0.2, 0.25) is 0 Å². The smallest absolute Gasteiger partial charge is 0.105 e. The fourth-order valence-corrected chi connectivity index (χ4v) is 4.83. The van der Waals surface area contributed by atoms with Crippen molar-refractivity contribution in [2.75, 3.05) is 11.4 Å². The van der Waals surface area contributed by atoms with Crippen LogP contribution in [0.15, 0.2) is 42.7 Å². The predicted molar refractivity (Wildman–Crippen MR) is 138 cm³/mol. The molecule has 0 saturated heterocycles. The minimum absolute atomic E-state index is 0.499. The Kier molecular flexibility index (Phi) is 14.3. The fraction of sp³-hybridized carbons (Fsp3) is 0.724. The van der Waals surface area contributed by atoms with Gasteiger partial charge < -0.3 is 9.80 Å². The van der Waals surface area contributed by atoms with Crippen molar-refractivity contribution in [3.63, 3.8) is 0 Å². The highest BCUT2D eigenvalue weighted by atomic mass is 15.4. The monoisotopic (exact) mass is 426 g/mol. The molecule has 0 saturated carbocycles. The molecule has 31 heavy (non-hydrogen) atoms. The molecule has 2 nitrogen and oxygen atoms in total. The maximum Gasteiger partial charge on any atom is 0.105 e. The second-order valence-electron chi connectivity index (χ2n) is 9.50. The Balaban J connectivity index is 1.45. The first-order valence-corrected chi connectivity index (χ1v) is 13.6. The lowest BCUT2D eigenvalue weighted by Gasteiger charge is -2.32. The van der Waals surface area contributed by atoms with Gasteiger partial charge in [-0.2, -0.15) is 0 Å². The zero-order valence-corrected chi connectivity index (χ0v) is 20.7. The predicted octanol–water partition coefficient (Wildman–Crippen LogP) is 9.28. The fourth-order valence-electron chi connectivity index (χ4n) is 4.83. The Morgan fingerprint density at radius 3 is 1.61 bits per heavy atom. The van der Waals surface area contributed by atoms with E-state index in [9.17, 15) is 0 Å². The zero-order valence-electron chi connectivity index (χ0n) is 20.7. The number of rotatable bonds is 19. The van der Waals surface area contributed by atoms with Crippen LogP contribution < -0.4 is 4.90 Å². The first-order valence-electron chi connectivity index (χ1n) is 13.6. The Labute approximate surface area is 194 Å². The van der Waals surface area contributed by atoms with Gasteiger partial charge in [-0.1, -0.05) is 128 Å². The van der Waals surface area contributed by atoms with E-state index in [1.165, 1.54) is 121 Å². The molecule has 0 bridgehead atoms. The van der Waals surface area contributed by atoms with Crippen LogP contribution in [0.3, 0.4) is 0 Å². The van der Waals surface area contributed by atoms with Crippen LogP contribution in [0.25, 0.3) is 0 Å². The molecule has 0 radical (unpaired) electrons. The Morgan fingerprint density at radius 1 is 0.581 bits per heavy atom. The van der Waals surface area contributed by atoms with Crippen molar-refractivity contribution in [2.45, 2.75) is 129 Å². The van der Waals surface area contributed by atoms with E-state index in [1.807, 2.05) is 0 Å². The lowest BCUT2D eigenvalue weighted by Crippen LogP contribution is -2.39. The van der Waals surface area contributed by atoms with Gasteiger partial charge in [-0.05, 0) is 25.0 Å². The van der Waals surface area contributed by atoms with Crippen molar-refractivity contribution < 1.29 is 0 Å². The first-order chi connectivity index (χ1) is 15.4. The molecule has 1 aliphatic rings. The summed E-state index contributed by atoms with van der Waals surface area (Å²) in [6, 6.07) is 10.8. The number of hydrogen-bond donors (Lipinski definition) is 0. The van der Waals surface area contributed by atoms with Crippen LogP contribution in [0, 0.1) is 0 Å². The van der Waals surface area contributed by atoms with Crippen LogP contribution in [0.1, 0.15) is 123 Å². The van der Waals surface area contributed by atoms with Crippen molar-refractivity contribution in [3.8, 4) is 0 Å². The summed E-state index contributed by atoms with van der Waals surface area (Å²) in [7, 11) is 0. The molecule has 0 spiro atoms. The quantitative estimate of drug-likeness (QED) is 0.203. The van der Waals surface area contributed by atoms with Crippen LogP contribution in [0.5, 0.6) is 0 Å². The Bertz CT molecular complexity index is 553. The van der Waals surface area contributed by atoms with E-state index in [1.54, 1.807) is 0 Å². The van der Waals surface area contributed by atoms with Crippen molar-refractivity contribution in [1.82, 2.24) is 4.90 Å². The van der Waals surface area contributed by atoms with Crippen LogP contribution in [0.4, 0.5) is 5.69 Å². The summed E-state index contributed by atoms with van der Waals surface area (Å²) in [5.41, 5.74) is 1.32. The third-order valence-electron chi connectivity index (χ3n) is 6.74. The molecule has 2 rings (SSSR count). The number of anilines is 1. The summed E-state index contributed by atoms with van der Waals surface area (Å²) < 4.78 is 0. The van der Waals surface area contributed by atoms with Crippen molar-refractivity contribution >= 4 is 5.69 Å². The topological polar surface area (TPSA) is 6.48 Å². The van der Waals surface area contributed by atoms with Gasteiger partial charge in [-0.3, -0.25) is 0 Å². The third-order valence-corrected chi connectivity index (χ3v) is 6.74. The maximum atomic E-state index is 2.57. The van der Waals surface area contributed by atoms with E-state index in [0.29, 0.717) is 6.17 Å². The second-order valence-corrected chi connectivity index (χ2v) is 9.50. The van der Waals surface area contributed by atoms with Crippen molar-refractivity contribution in [2.24, 2.45) is 0 Å². The standard InChI is InChI=1S/C29H50N2/c1-3-5-6-7-8-9-10-11-12-13-14-15-16-17-21-25-30-26-27-31(29(30)22-4-2)28-23-19-18-20-24-28/h18-20,23-24,26-27,29H,3-17,21-22,25H2,1-2H3. The van der Waals surface area contributed by atoms with E-state index in [4.69, 9.17) is 0 Å². The highest BCUT2D eigenvalue weighted by Gasteiger charge is 2.25. The van der Waals surface area contributed by atoms with Crippen molar-refractivity contribution in [3.05, 3.63) is 42.7 Å². The molecule has 176 valence electrons. The van der Waals surface area contributed by atoms with Crippen LogP contribution in [-0.2, 0) is 0 Å². The number of hydrogen-bond acceptors (Lipinski definition) is 2. The number of unbranched alkanes of at least 4 members (excludes halogenated alkanes) is 14. The van der Waals surface area contributed by atoms with Gasteiger partial charge in [0, 0.05) is 24.6 Å². The first kappa shape index (κ1) is 25.8. The number of benzene rings is 1. The molecule has 0 fully saturated rings. The van der Waals surface area contributed by atoms with E-state index in [-0.39, 0.29) is 0 Å². The van der Waals surface area contributed by atoms with Crippen LogP contribution in [-0.4, -0.2) is 17.6 Å². The summed E-state index contributed by atoms with van der Waals surface area (Å²) in [6.07, 6.45) is 29.0. The molecule has 1 aromatic carbocycles. The summed E-state index contributed by atoms with van der Waals surface area (Å²) >= 11 is 0. The molecule has 1 unspecified atom stereocenters. The van der Waals surface area contributed by atoms with Crippen molar-refractivity contribution in [1.29, 1.82) is 0 Å². The summed E-state index contributed by atoms with van der Waals surface area (Å²) in [4.78, 5) is 5.02. The molecule has 1 heterocycles. The van der Waals surface area contributed by atoms with Crippen LogP contribution >= 0.6 is 0 Å². The lowest BCUT2D eigenvalue weighted by molar-refractivity contribution is 0.277. The van der Waals surface area contributed by atoms with Gasteiger partial charge >= 0.3 is 0 Å². The number of para-hydroxylation sites is 1. The average Bonchev–Trinajstić information content (AvgIpc) is 3.20. The van der Waals surface area contributed by atoms with Gasteiger partial charge in [0.25, 0.3) is 0 Å². The normalized spacial score (nSPS) is 15.9. The summed E-state index contributed by atoms with van der Waals surface area (Å²) in [5, 5.41) is 0. The average molecular weight is 427 g/mol. The van der Waals surface area contributed by atoms with Gasteiger partial charge in [-0.25, -0.2) is 0 Å². The highest BCUT2D eigenvalue weighted by molar-refractivity contribution is 5.51. The molecule has 1 atom stereocenters. The lowest BCUT2D eigenvalue weighted by atomic mass is 10.0. The Hall–Kier alpha value is -1.44. The minimum Gasteiger partial charge on any atom is -0.356 e. The molecular weight excluding hydrogens is 376 g/mol. The second kappa shape index (κ2) is 17.2. The molecule has 0 aliphatic carbocycles. The van der Waals surface area contributed by atoms with E-state index in [2.05, 4.69) is 66.4 Å². The maximum absolute atomic E-state index is 2.57. The largest absolute Gasteiger partial charge is 0.356 e. The van der Waals surface area contributed by atoms with E-state index in [0.717, 1.165) is 0 Å². The van der Waals surface area contributed by atoms with E-state index >= 15 is 0 Å². The van der Waals surface area contributed by atoms with Crippen LogP contribution in [0.2, 0.25) is 0 Å². The molecule has 1 aliphatic heterocycles. The highest BCUT2D eigenvalue weighted by Crippen LogP contribution is 2.27. The molecule has 0 amide bonds. The number of nitrogens with zero attached hydrogens (tertiary/aromatic N) is 2. The minimum atomic E-state index is 0.499. The summed E-state index contributed by atoms with van der Waals surface area (Å²) in [5.74, 6) is 0. The SMILES string of the molecule is CCCCCCCCCCCCCCCCCN1C=CN(c2ccccc2)C1CCC. The molecule has 1 aromatic rings. The molecule has 0 aromatic heterocycles. The van der Waals surface area contributed by atoms with E-state index < -0.39 is 0 Å². The van der Waals surface area contributed by atoms with Gasteiger partial charge in [-0.15, -0.1) is 0 Å².